The Morgan fingerprint density at radius 3 is 2.67 bits per heavy atom. The summed E-state index contributed by atoms with van der Waals surface area (Å²) in [7, 11) is 0. The molecule has 0 N–H and O–H groups in total. The van der Waals surface area contributed by atoms with Crippen molar-refractivity contribution in [1.82, 2.24) is 4.98 Å². The second kappa shape index (κ2) is 5.38. The number of aldehydes is 1. The van der Waals surface area contributed by atoms with Gasteiger partial charge >= 0.3 is 0 Å². The van der Waals surface area contributed by atoms with Crippen LogP contribution >= 0.6 is 23.2 Å². The third-order valence-corrected chi connectivity index (χ3v) is 2.82. The predicted molar refractivity (Wildman–Crippen MR) is 70.9 cm³/mol. The van der Waals surface area contributed by atoms with Crippen molar-refractivity contribution in [2.75, 3.05) is 0 Å². The largest absolute Gasteiger partial charge is 0.437 e. The Morgan fingerprint density at radius 1 is 1.28 bits per heavy atom. The van der Waals surface area contributed by atoms with Gasteiger partial charge in [-0.05, 0) is 31.2 Å². The fraction of sp³-hybridized carbons (Fsp3) is 0.0769. The number of benzene rings is 1. The zero-order valence-corrected chi connectivity index (χ0v) is 11.0. The maximum Gasteiger partial charge on any atom is 0.222 e. The molecule has 0 radical (unpaired) electrons. The zero-order chi connectivity index (χ0) is 13.1. The van der Waals surface area contributed by atoms with E-state index in [0.717, 1.165) is 11.8 Å². The van der Waals surface area contributed by atoms with Crippen LogP contribution in [0.5, 0.6) is 11.6 Å². The molecule has 0 saturated heterocycles. The fourth-order valence-electron chi connectivity index (χ4n) is 1.42. The summed E-state index contributed by atoms with van der Waals surface area (Å²) in [6.45, 7) is 1.80. The van der Waals surface area contributed by atoms with Gasteiger partial charge in [0.15, 0.2) is 6.29 Å². The Balaban J connectivity index is 2.31. The highest BCUT2D eigenvalue weighted by Crippen LogP contribution is 2.31. The highest BCUT2D eigenvalue weighted by molar-refractivity contribution is 6.35. The van der Waals surface area contributed by atoms with E-state index < -0.39 is 0 Å². The monoisotopic (exact) mass is 281 g/mol. The Bertz CT molecular complexity index is 600. The Hall–Kier alpha value is -1.58. The number of nitrogens with zero attached hydrogens (tertiary/aromatic N) is 1. The number of carbonyl (C=O) groups is 1. The van der Waals surface area contributed by atoms with E-state index in [1.807, 2.05) is 0 Å². The Kier molecular flexibility index (Phi) is 3.84. The van der Waals surface area contributed by atoms with Crippen molar-refractivity contribution in [1.29, 1.82) is 0 Å². The molecule has 0 fully saturated rings. The Morgan fingerprint density at radius 2 is 2.06 bits per heavy atom. The van der Waals surface area contributed by atoms with Crippen molar-refractivity contribution in [2.24, 2.45) is 0 Å². The number of aromatic nitrogens is 1. The summed E-state index contributed by atoms with van der Waals surface area (Å²) < 4.78 is 5.58. The number of aryl methyl sites for hydroxylation is 1. The van der Waals surface area contributed by atoms with E-state index in [0.29, 0.717) is 27.2 Å². The van der Waals surface area contributed by atoms with Gasteiger partial charge in [0.25, 0.3) is 0 Å². The van der Waals surface area contributed by atoms with Crippen molar-refractivity contribution in [3.05, 3.63) is 51.6 Å². The second-order valence-electron chi connectivity index (χ2n) is 3.69. The predicted octanol–water partition coefficient (Wildman–Crippen LogP) is 4.30. The normalized spacial score (nSPS) is 10.2. The summed E-state index contributed by atoms with van der Waals surface area (Å²) in [4.78, 5) is 14.7. The van der Waals surface area contributed by atoms with Crippen LogP contribution in [0.25, 0.3) is 0 Å². The molecule has 0 saturated carbocycles. The maximum atomic E-state index is 10.6. The van der Waals surface area contributed by atoms with Crippen LogP contribution in [-0.4, -0.2) is 11.3 Å². The van der Waals surface area contributed by atoms with E-state index in [-0.39, 0.29) is 0 Å². The number of pyridine rings is 1. The van der Waals surface area contributed by atoms with Gasteiger partial charge in [-0.1, -0.05) is 23.2 Å². The molecule has 0 amide bonds. The molecule has 0 unspecified atom stereocenters. The first-order valence-corrected chi connectivity index (χ1v) is 5.90. The average molecular weight is 282 g/mol. The highest BCUT2D eigenvalue weighted by atomic mass is 35.5. The molecule has 92 valence electrons. The standard InChI is InChI=1S/C13H9Cl2NO2/c1-8-4-9(7-17)6-16-13(8)18-12-3-2-10(14)5-11(12)15/h2-7H,1H3. The van der Waals surface area contributed by atoms with Crippen LogP contribution in [0.3, 0.4) is 0 Å². The first kappa shape index (κ1) is 12.9. The van der Waals surface area contributed by atoms with E-state index in [1.54, 1.807) is 31.2 Å². The molecule has 18 heavy (non-hydrogen) atoms. The van der Waals surface area contributed by atoms with Gasteiger partial charge in [-0.3, -0.25) is 4.79 Å². The van der Waals surface area contributed by atoms with Crippen LogP contribution < -0.4 is 4.74 Å². The minimum Gasteiger partial charge on any atom is -0.437 e. The number of rotatable bonds is 3. The van der Waals surface area contributed by atoms with Gasteiger partial charge in [-0.25, -0.2) is 4.98 Å². The first-order chi connectivity index (χ1) is 8.60. The van der Waals surface area contributed by atoms with Crippen molar-refractivity contribution in [3.63, 3.8) is 0 Å². The van der Waals surface area contributed by atoms with Crippen molar-refractivity contribution in [3.8, 4) is 11.6 Å². The van der Waals surface area contributed by atoms with Crippen molar-refractivity contribution in [2.45, 2.75) is 6.92 Å². The van der Waals surface area contributed by atoms with Gasteiger partial charge in [0.05, 0.1) is 5.02 Å². The molecule has 1 aromatic carbocycles. The minimum atomic E-state index is 0.406. The lowest BCUT2D eigenvalue weighted by atomic mass is 10.2. The summed E-state index contributed by atoms with van der Waals surface area (Å²) in [5, 5.41) is 0.941. The van der Waals surface area contributed by atoms with Crippen molar-refractivity contribution < 1.29 is 9.53 Å². The summed E-state index contributed by atoms with van der Waals surface area (Å²) >= 11 is 11.8. The summed E-state index contributed by atoms with van der Waals surface area (Å²) in [5.74, 6) is 0.875. The smallest absolute Gasteiger partial charge is 0.222 e. The number of hydrogen-bond acceptors (Lipinski definition) is 3. The molecule has 0 aliphatic heterocycles. The molecular formula is C13H9Cl2NO2. The number of hydrogen-bond donors (Lipinski definition) is 0. The molecule has 0 aliphatic carbocycles. The summed E-state index contributed by atoms with van der Waals surface area (Å²) in [6, 6.07) is 6.63. The molecule has 2 aromatic rings. The van der Waals surface area contributed by atoms with Crippen LogP contribution in [0.4, 0.5) is 0 Å². The fourth-order valence-corrected chi connectivity index (χ4v) is 1.86. The molecular weight excluding hydrogens is 273 g/mol. The number of ether oxygens (including phenoxy) is 1. The van der Waals surface area contributed by atoms with Crippen molar-refractivity contribution >= 4 is 29.5 Å². The van der Waals surface area contributed by atoms with Gasteiger partial charge in [0.1, 0.15) is 5.75 Å². The van der Waals surface area contributed by atoms with Gasteiger partial charge in [-0.15, -0.1) is 0 Å². The molecule has 0 bridgehead atoms. The van der Waals surface area contributed by atoms with Crippen LogP contribution in [0.1, 0.15) is 15.9 Å². The topological polar surface area (TPSA) is 39.2 Å². The SMILES string of the molecule is Cc1cc(C=O)cnc1Oc1ccc(Cl)cc1Cl. The molecule has 0 spiro atoms. The maximum absolute atomic E-state index is 10.6. The van der Waals surface area contributed by atoms with Gasteiger partial charge in [-0.2, -0.15) is 0 Å². The lowest BCUT2D eigenvalue weighted by Gasteiger charge is -2.09. The Labute approximate surface area is 114 Å². The summed E-state index contributed by atoms with van der Waals surface area (Å²) in [5.41, 5.74) is 1.26. The molecule has 0 atom stereocenters. The van der Waals surface area contributed by atoms with E-state index in [9.17, 15) is 4.79 Å². The van der Waals surface area contributed by atoms with Crippen LogP contribution in [0.15, 0.2) is 30.5 Å². The van der Waals surface area contributed by atoms with Gasteiger partial charge < -0.3 is 4.74 Å². The van der Waals surface area contributed by atoms with E-state index >= 15 is 0 Å². The van der Waals surface area contributed by atoms with Gasteiger partial charge in [0, 0.05) is 22.3 Å². The molecule has 1 heterocycles. The summed E-state index contributed by atoms with van der Waals surface area (Å²) in [6.07, 6.45) is 2.18. The van der Waals surface area contributed by atoms with E-state index in [1.165, 1.54) is 6.20 Å². The van der Waals surface area contributed by atoms with E-state index in [4.69, 9.17) is 27.9 Å². The third-order valence-electron chi connectivity index (χ3n) is 2.29. The first-order valence-electron chi connectivity index (χ1n) is 5.15. The van der Waals surface area contributed by atoms with Crippen LogP contribution in [0.2, 0.25) is 10.0 Å². The average Bonchev–Trinajstić information content (AvgIpc) is 2.34. The highest BCUT2D eigenvalue weighted by Gasteiger charge is 2.08. The molecule has 5 heteroatoms. The zero-order valence-electron chi connectivity index (χ0n) is 9.48. The molecule has 3 nitrogen and oxygen atoms in total. The lowest BCUT2D eigenvalue weighted by molar-refractivity contribution is 0.112. The molecule has 1 aromatic heterocycles. The third kappa shape index (κ3) is 2.81. The van der Waals surface area contributed by atoms with Crippen LogP contribution in [0, 0.1) is 6.92 Å². The van der Waals surface area contributed by atoms with Gasteiger partial charge in [0.2, 0.25) is 5.88 Å². The second-order valence-corrected chi connectivity index (χ2v) is 4.53. The number of carbonyl (C=O) groups excluding carboxylic acids is 1. The lowest BCUT2D eigenvalue weighted by Crippen LogP contribution is -1.94. The molecule has 0 aliphatic rings. The quantitative estimate of drug-likeness (QED) is 0.788. The minimum absolute atomic E-state index is 0.406. The van der Waals surface area contributed by atoms with Crippen LogP contribution in [-0.2, 0) is 0 Å². The molecule has 2 rings (SSSR count). The van der Waals surface area contributed by atoms with E-state index in [2.05, 4.69) is 4.98 Å². The number of halogens is 2.